The van der Waals surface area contributed by atoms with Gasteiger partial charge in [-0.2, -0.15) is 0 Å². The van der Waals surface area contributed by atoms with E-state index in [1.807, 2.05) is 0 Å². The molecule has 2 rings (SSSR count). The number of amides is 1. The van der Waals surface area contributed by atoms with Crippen LogP contribution < -0.4 is 5.32 Å². The topological polar surface area (TPSA) is 42.0 Å². The number of carbonyl (C=O) groups excluding carboxylic acids is 1. The Morgan fingerprint density at radius 2 is 2.33 bits per heavy atom. The zero-order valence-electron chi connectivity index (χ0n) is 8.95. The van der Waals surface area contributed by atoms with E-state index in [1.54, 1.807) is 10.9 Å². The normalized spacial score (nSPS) is 19.0. The maximum atomic E-state index is 11.6. The molecule has 1 aromatic rings. The summed E-state index contributed by atoms with van der Waals surface area (Å²) in [6.07, 6.45) is 5.04. The van der Waals surface area contributed by atoms with E-state index in [1.165, 1.54) is 37.0 Å². The predicted molar refractivity (Wildman–Crippen MR) is 61.0 cm³/mol. The maximum Gasteiger partial charge on any atom is 0.270 e. The fourth-order valence-corrected chi connectivity index (χ4v) is 2.65. The highest BCUT2D eigenvalue weighted by Gasteiger charge is 2.29. The van der Waals surface area contributed by atoms with Crippen LogP contribution in [0.25, 0.3) is 0 Å². The Hall–Kier alpha value is -0.900. The zero-order valence-corrected chi connectivity index (χ0v) is 9.77. The summed E-state index contributed by atoms with van der Waals surface area (Å²) in [6.45, 7) is 3.03. The molecule has 0 aromatic carbocycles. The van der Waals surface area contributed by atoms with Crippen molar-refractivity contribution in [2.24, 2.45) is 5.41 Å². The van der Waals surface area contributed by atoms with Gasteiger partial charge in [-0.15, -0.1) is 11.3 Å². The van der Waals surface area contributed by atoms with Crippen molar-refractivity contribution in [2.75, 3.05) is 6.54 Å². The molecule has 1 aliphatic rings. The van der Waals surface area contributed by atoms with Gasteiger partial charge in [-0.1, -0.05) is 19.8 Å². The van der Waals surface area contributed by atoms with Gasteiger partial charge in [-0.3, -0.25) is 4.79 Å². The summed E-state index contributed by atoms with van der Waals surface area (Å²) in [5, 5.41) is 4.76. The fourth-order valence-electron chi connectivity index (χ4n) is 2.11. The number of nitrogens with zero attached hydrogens (tertiary/aromatic N) is 1. The lowest BCUT2D eigenvalue weighted by molar-refractivity contribution is 0.0930. The highest BCUT2D eigenvalue weighted by molar-refractivity contribution is 7.07. The lowest BCUT2D eigenvalue weighted by atomic mass is 9.89. The third kappa shape index (κ3) is 2.56. The van der Waals surface area contributed by atoms with Gasteiger partial charge in [-0.05, 0) is 18.3 Å². The number of carbonyl (C=O) groups is 1. The molecule has 0 spiro atoms. The minimum Gasteiger partial charge on any atom is -0.350 e. The van der Waals surface area contributed by atoms with Crippen LogP contribution in [0.4, 0.5) is 0 Å². The summed E-state index contributed by atoms with van der Waals surface area (Å²) in [5.74, 6) is -0.0376. The fraction of sp³-hybridized carbons (Fsp3) is 0.636. The molecule has 0 atom stereocenters. The van der Waals surface area contributed by atoms with Crippen LogP contribution in [0.1, 0.15) is 43.1 Å². The quantitative estimate of drug-likeness (QED) is 0.857. The van der Waals surface area contributed by atoms with Crippen molar-refractivity contribution in [3.63, 3.8) is 0 Å². The summed E-state index contributed by atoms with van der Waals surface area (Å²) in [7, 11) is 0. The molecule has 0 unspecified atom stereocenters. The summed E-state index contributed by atoms with van der Waals surface area (Å²) in [4.78, 5) is 15.6. The molecular formula is C11H16N2OS. The maximum absolute atomic E-state index is 11.6. The molecule has 1 fully saturated rings. The lowest BCUT2D eigenvalue weighted by Crippen LogP contribution is -2.34. The molecule has 1 saturated carbocycles. The SMILES string of the molecule is CC1(CNC(=O)c2cscn2)CCCC1. The van der Waals surface area contributed by atoms with Gasteiger partial charge in [0.05, 0.1) is 5.51 Å². The van der Waals surface area contributed by atoms with Crippen LogP contribution in [-0.2, 0) is 0 Å². The van der Waals surface area contributed by atoms with E-state index < -0.39 is 0 Å². The average molecular weight is 224 g/mol. The van der Waals surface area contributed by atoms with Crippen LogP contribution >= 0.6 is 11.3 Å². The van der Waals surface area contributed by atoms with E-state index in [2.05, 4.69) is 17.2 Å². The summed E-state index contributed by atoms with van der Waals surface area (Å²) < 4.78 is 0. The molecule has 0 saturated heterocycles. The molecule has 1 aliphatic carbocycles. The first-order valence-electron chi connectivity index (χ1n) is 5.36. The molecule has 1 heterocycles. The molecule has 1 aromatic heterocycles. The number of hydrogen-bond acceptors (Lipinski definition) is 3. The van der Waals surface area contributed by atoms with Crippen LogP contribution in [0.15, 0.2) is 10.9 Å². The van der Waals surface area contributed by atoms with Crippen molar-refractivity contribution in [2.45, 2.75) is 32.6 Å². The van der Waals surface area contributed by atoms with E-state index in [0.717, 1.165) is 6.54 Å². The third-order valence-corrected chi connectivity index (χ3v) is 3.74. The van der Waals surface area contributed by atoms with E-state index in [0.29, 0.717) is 11.1 Å². The summed E-state index contributed by atoms with van der Waals surface area (Å²) >= 11 is 1.45. The van der Waals surface area contributed by atoms with Gasteiger partial charge in [0.15, 0.2) is 0 Å². The van der Waals surface area contributed by atoms with Crippen LogP contribution in [0.2, 0.25) is 0 Å². The Bertz CT molecular complexity index is 328. The second kappa shape index (κ2) is 4.31. The Balaban J connectivity index is 1.85. The van der Waals surface area contributed by atoms with Gasteiger partial charge in [0.1, 0.15) is 5.69 Å². The van der Waals surface area contributed by atoms with E-state index in [-0.39, 0.29) is 5.91 Å². The van der Waals surface area contributed by atoms with Crippen LogP contribution in [0.3, 0.4) is 0 Å². The smallest absolute Gasteiger partial charge is 0.270 e. The second-order valence-electron chi connectivity index (χ2n) is 4.57. The molecule has 0 aliphatic heterocycles. The van der Waals surface area contributed by atoms with Crippen LogP contribution in [0.5, 0.6) is 0 Å². The average Bonchev–Trinajstić information content (AvgIpc) is 2.85. The summed E-state index contributed by atoms with van der Waals surface area (Å²) in [5.41, 5.74) is 2.54. The van der Waals surface area contributed by atoms with Gasteiger partial charge < -0.3 is 5.32 Å². The first-order valence-corrected chi connectivity index (χ1v) is 6.30. The van der Waals surface area contributed by atoms with Gasteiger partial charge in [-0.25, -0.2) is 4.98 Å². The van der Waals surface area contributed by atoms with Crippen LogP contribution in [-0.4, -0.2) is 17.4 Å². The first-order chi connectivity index (χ1) is 7.20. The van der Waals surface area contributed by atoms with Crippen LogP contribution in [0, 0.1) is 5.41 Å². The van der Waals surface area contributed by atoms with Crippen molar-refractivity contribution >= 4 is 17.2 Å². The molecular weight excluding hydrogens is 208 g/mol. The van der Waals surface area contributed by atoms with Gasteiger partial charge in [0.25, 0.3) is 5.91 Å². The van der Waals surface area contributed by atoms with Gasteiger partial charge in [0.2, 0.25) is 0 Å². The largest absolute Gasteiger partial charge is 0.350 e. The molecule has 3 nitrogen and oxygen atoms in total. The standard InChI is InChI=1S/C11H16N2OS/c1-11(4-2-3-5-11)7-12-10(14)9-6-15-8-13-9/h6,8H,2-5,7H2,1H3,(H,12,14). The minimum atomic E-state index is -0.0376. The second-order valence-corrected chi connectivity index (χ2v) is 5.29. The van der Waals surface area contributed by atoms with Crippen molar-refractivity contribution in [3.8, 4) is 0 Å². The lowest BCUT2D eigenvalue weighted by Gasteiger charge is -2.23. The summed E-state index contributed by atoms with van der Waals surface area (Å²) in [6, 6.07) is 0. The molecule has 4 heteroatoms. The molecule has 1 amide bonds. The zero-order chi connectivity index (χ0) is 10.7. The van der Waals surface area contributed by atoms with Crippen molar-refractivity contribution in [1.29, 1.82) is 0 Å². The molecule has 0 radical (unpaired) electrons. The number of hydrogen-bond donors (Lipinski definition) is 1. The molecule has 0 bridgehead atoms. The Morgan fingerprint density at radius 3 is 2.93 bits per heavy atom. The van der Waals surface area contributed by atoms with Crippen molar-refractivity contribution in [3.05, 3.63) is 16.6 Å². The highest BCUT2D eigenvalue weighted by atomic mass is 32.1. The van der Waals surface area contributed by atoms with Gasteiger partial charge >= 0.3 is 0 Å². The first kappa shape index (κ1) is 10.6. The number of nitrogens with one attached hydrogen (secondary N) is 1. The van der Waals surface area contributed by atoms with E-state index >= 15 is 0 Å². The van der Waals surface area contributed by atoms with E-state index in [9.17, 15) is 4.79 Å². The number of rotatable bonds is 3. The van der Waals surface area contributed by atoms with Crippen molar-refractivity contribution in [1.82, 2.24) is 10.3 Å². The third-order valence-electron chi connectivity index (χ3n) is 3.15. The molecule has 15 heavy (non-hydrogen) atoms. The Kier molecular flexibility index (Phi) is 3.05. The molecule has 82 valence electrons. The Morgan fingerprint density at radius 1 is 1.60 bits per heavy atom. The highest BCUT2D eigenvalue weighted by Crippen LogP contribution is 2.36. The monoisotopic (exact) mass is 224 g/mol. The van der Waals surface area contributed by atoms with Gasteiger partial charge in [0, 0.05) is 11.9 Å². The Labute approximate surface area is 93.9 Å². The molecule has 1 N–H and O–H groups in total. The van der Waals surface area contributed by atoms with E-state index in [4.69, 9.17) is 0 Å². The minimum absolute atomic E-state index is 0.0376. The predicted octanol–water partition coefficient (Wildman–Crippen LogP) is 2.45. The number of aromatic nitrogens is 1. The van der Waals surface area contributed by atoms with Crippen molar-refractivity contribution < 1.29 is 4.79 Å². The number of thiazole rings is 1.